The van der Waals surface area contributed by atoms with Crippen LogP contribution in [0.4, 0.5) is 0 Å². The number of rotatable bonds is 1. The number of H-pyrrole nitrogens is 1. The average Bonchev–Trinajstić information content (AvgIpc) is 2.28. The molecule has 2 heterocycles. The molecule has 0 aliphatic rings. The molecule has 2 aromatic heterocycles. The molecule has 2 rings (SSSR count). The zero-order valence-corrected chi connectivity index (χ0v) is 12.9. The molecular weight excluding hydrogens is 310 g/mol. The molecule has 0 aliphatic heterocycles. The number of hydrogen-bond donors (Lipinski definition) is 1. The predicted octanol–water partition coefficient (Wildman–Crippen LogP) is 4.26. The number of halogens is 1. The highest BCUT2D eigenvalue weighted by molar-refractivity contribution is 9.10. The van der Waals surface area contributed by atoms with Gasteiger partial charge in [0.05, 0.1) is 0 Å². The van der Waals surface area contributed by atoms with Crippen LogP contribution in [0.1, 0.15) is 26.5 Å². The quantitative estimate of drug-likeness (QED) is 0.797. The van der Waals surface area contributed by atoms with E-state index in [2.05, 4.69) is 51.7 Å². The zero-order chi connectivity index (χ0) is 13.3. The van der Waals surface area contributed by atoms with Crippen LogP contribution in [0.15, 0.2) is 28.9 Å². The SMILES string of the molecule is CC(C)(C)c1cc(=S)nc(-c2ccc(Br)cn2)[nH]1. The van der Waals surface area contributed by atoms with E-state index in [1.54, 1.807) is 6.20 Å². The number of aromatic nitrogens is 3. The molecule has 0 saturated carbocycles. The van der Waals surface area contributed by atoms with Gasteiger partial charge in [0.25, 0.3) is 0 Å². The first kappa shape index (κ1) is 13.4. The normalized spacial score (nSPS) is 11.6. The van der Waals surface area contributed by atoms with E-state index in [0.717, 1.165) is 15.9 Å². The Morgan fingerprint density at radius 1 is 1.28 bits per heavy atom. The molecule has 0 aromatic carbocycles. The van der Waals surface area contributed by atoms with Crippen molar-refractivity contribution in [1.82, 2.24) is 15.0 Å². The van der Waals surface area contributed by atoms with Crippen LogP contribution in [0.5, 0.6) is 0 Å². The van der Waals surface area contributed by atoms with Gasteiger partial charge in [-0.3, -0.25) is 4.98 Å². The summed E-state index contributed by atoms with van der Waals surface area (Å²) in [6.07, 6.45) is 1.75. The van der Waals surface area contributed by atoms with Crippen LogP contribution >= 0.6 is 28.1 Å². The fourth-order valence-corrected chi connectivity index (χ4v) is 1.94. The molecule has 18 heavy (non-hydrogen) atoms. The summed E-state index contributed by atoms with van der Waals surface area (Å²) in [5, 5.41) is 0. The number of aromatic amines is 1. The minimum absolute atomic E-state index is 0.000609. The van der Waals surface area contributed by atoms with Crippen molar-refractivity contribution in [2.24, 2.45) is 0 Å². The van der Waals surface area contributed by atoms with Crippen molar-refractivity contribution in [2.45, 2.75) is 26.2 Å². The van der Waals surface area contributed by atoms with E-state index in [1.807, 2.05) is 18.2 Å². The first-order valence-corrected chi connectivity index (χ1v) is 6.80. The zero-order valence-electron chi connectivity index (χ0n) is 10.5. The topological polar surface area (TPSA) is 41.6 Å². The second-order valence-corrected chi connectivity index (χ2v) is 6.43. The summed E-state index contributed by atoms with van der Waals surface area (Å²) >= 11 is 8.58. The van der Waals surface area contributed by atoms with E-state index in [9.17, 15) is 0 Å². The van der Waals surface area contributed by atoms with Crippen molar-refractivity contribution in [1.29, 1.82) is 0 Å². The Labute approximate surface area is 120 Å². The van der Waals surface area contributed by atoms with Gasteiger partial charge in [-0.15, -0.1) is 0 Å². The Morgan fingerprint density at radius 2 is 2.00 bits per heavy atom. The molecule has 0 unspecified atom stereocenters. The fraction of sp³-hybridized carbons (Fsp3) is 0.308. The highest BCUT2D eigenvalue weighted by Crippen LogP contribution is 2.22. The molecule has 1 N–H and O–H groups in total. The van der Waals surface area contributed by atoms with Crippen LogP contribution in [0, 0.1) is 4.64 Å². The third-order valence-electron chi connectivity index (χ3n) is 2.52. The van der Waals surface area contributed by atoms with Gasteiger partial charge in [0.15, 0.2) is 5.82 Å². The van der Waals surface area contributed by atoms with Crippen molar-refractivity contribution in [3.63, 3.8) is 0 Å². The van der Waals surface area contributed by atoms with E-state index in [1.165, 1.54) is 0 Å². The molecule has 3 nitrogen and oxygen atoms in total. The lowest BCUT2D eigenvalue weighted by Gasteiger charge is -2.19. The summed E-state index contributed by atoms with van der Waals surface area (Å²) in [7, 11) is 0. The van der Waals surface area contributed by atoms with Crippen molar-refractivity contribution >= 4 is 28.1 Å². The minimum Gasteiger partial charge on any atom is -0.341 e. The smallest absolute Gasteiger partial charge is 0.157 e. The molecule has 0 amide bonds. The van der Waals surface area contributed by atoms with Gasteiger partial charge in [-0.2, -0.15) is 0 Å². The van der Waals surface area contributed by atoms with E-state index in [4.69, 9.17) is 12.2 Å². The molecular formula is C13H14BrN3S. The Kier molecular flexibility index (Phi) is 3.64. The van der Waals surface area contributed by atoms with E-state index in [-0.39, 0.29) is 5.41 Å². The maximum absolute atomic E-state index is 5.21. The van der Waals surface area contributed by atoms with Crippen LogP contribution < -0.4 is 0 Å². The number of nitrogens with one attached hydrogen (secondary N) is 1. The number of pyridine rings is 1. The van der Waals surface area contributed by atoms with E-state index < -0.39 is 0 Å². The summed E-state index contributed by atoms with van der Waals surface area (Å²) in [5.74, 6) is 0.708. The van der Waals surface area contributed by atoms with Gasteiger partial charge in [-0.25, -0.2) is 4.98 Å². The molecule has 0 radical (unpaired) electrons. The van der Waals surface area contributed by atoms with Crippen molar-refractivity contribution < 1.29 is 0 Å². The average molecular weight is 324 g/mol. The summed E-state index contributed by atoms with van der Waals surface area (Å²) in [6.45, 7) is 6.39. The highest BCUT2D eigenvalue weighted by atomic mass is 79.9. The minimum atomic E-state index is 0.000609. The molecule has 0 aliphatic carbocycles. The van der Waals surface area contributed by atoms with E-state index >= 15 is 0 Å². The molecule has 5 heteroatoms. The Hall–Kier alpha value is -1.07. The lowest BCUT2D eigenvalue weighted by molar-refractivity contribution is 0.567. The van der Waals surface area contributed by atoms with Gasteiger partial charge in [-0.1, -0.05) is 33.0 Å². The maximum atomic E-state index is 5.21. The summed E-state index contributed by atoms with van der Waals surface area (Å²) < 4.78 is 1.52. The molecule has 94 valence electrons. The number of hydrogen-bond acceptors (Lipinski definition) is 3. The largest absolute Gasteiger partial charge is 0.341 e. The Morgan fingerprint density at radius 3 is 2.56 bits per heavy atom. The molecule has 0 spiro atoms. The summed E-state index contributed by atoms with van der Waals surface area (Å²) in [4.78, 5) is 12.0. The van der Waals surface area contributed by atoms with Crippen LogP contribution in [0.2, 0.25) is 0 Å². The van der Waals surface area contributed by atoms with Crippen LogP contribution in [0.25, 0.3) is 11.5 Å². The van der Waals surface area contributed by atoms with Crippen LogP contribution in [-0.4, -0.2) is 15.0 Å². The molecule has 0 fully saturated rings. The van der Waals surface area contributed by atoms with Gasteiger partial charge in [-0.05, 0) is 34.1 Å². The van der Waals surface area contributed by atoms with Crippen molar-refractivity contribution in [3.05, 3.63) is 39.2 Å². The monoisotopic (exact) mass is 323 g/mol. The van der Waals surface area contributed by atoms with Gasteiger partial charge in [0, 0.05) is 21.8 Å². The van der Waals surface area contributed by atoms with Gasteiger partial charge >= 0.3 is 0 Å². The van der Waals surface area contributed by atoms with Crippen molar-refractivity contribution in [3.8, 4) is 11.5 Å². The summed E-state index contributed by atoms with van der Waals surface area (Å²) in [5.41, 5.74) is 1.85. The van der Waals surface area contributed by atoms with Gasteiger partial charge < -0.3 is 4.98 Å². The maximum Gasteiger partial charge on any atom is 0.157 e. The van der Waals surface area contributed by atoms with E-state index in [0.29, 0.717) is 10.5 Å². The fourth-order valence-electron chi connectivity index (χ4n) is 1.50. The number of nitrogens with zero attached hydrogens (tertiary/aromatic N) is 2. The van der Waals surface area contributed by atoms with Crippen LogP contribution in [-0.2, 0) is 5.41 Å². The second-order valence-electron chi connectivity index (χ2n) is 5.09. The van der Waals surface area contributed by atoms with Crippen molar-refractivity contribution in [2.75, 3.05) is 0 Å². The Balaban J connectivity index is 2.55. The molecule has 2 aromatic rings. The summed E-state index contributed by atoms with van der Waals surface area (Å²) in [6, 6.07) is 5.74. The first-order valence-electron chi connectivity index (χ1n) is 5.60. The standard InChI is InChI=1S/C13H14BrN3S/c1-13(2,3)10-6-11(18)17-12(16-10)9-5-4-8(14)7-15-9/h4-7H,1-3H3,(H,16,17,18). The predicted molar refractivity (Wildman–Crippen MR) is 79.1 cm³/mol. The molecule has 0 bridgehead atoms. The first-order chi connectivity index (χ1) is 8.36. The lowest BCUT2D eigenvalue weighted by Crippen LogP contribution is -2.14. The molecule has 0 saturated heterocycles. The van der Waals surface area contributed by atoms with Crippen LogP contribution in [0.3, 0.4) is 0 Å². The second kappa shape index (κ2) is 4.90. The molecule has 0 atom stereocenters. The van der Waals surface area contributed by atoms with Gasteiger partial charge in [0.1, 0.15) is 10.3 Å². The highest BCUT2D eigenvalue weighted by Gasteiger charge is 2.16. The van der Waals surface area contributed by atoms with Gasteiger partial charge in [0.2, 0.25) is 0 Å². The lowest BCUT2D eigenvalue weighted by atomic mass is 9.92. The third-order valence-corrected chi connectivity index (χ3v) is 3.20. The Bertz CT molecular complexity index is 611. The third kappa shape index (κ3) is 3.03.